The monoisotopic (exact) mass is 306 g/mol. The molecule has 1 aliphatic carbocycles. The van der Waals surface area contributed by atoms with Crippen molar-refractivity contribution in [2.75, 3.05) is 13.2 Å². The van der Waals surface area contributed by atoms with E-state index in [2.05, 4.69) is 5.32 Å². The smallest absolute Gasteiger partial charge is 0.251 e. The van der Waals surface area contributed by atoms with Crippen LogP contribution in [0.1, 0.15) is 25.3 Å². The fraction of sp³-hybridized carbons (Fsp3) is 0.438. The molecule has 1 saturated carbocycles. The fourth-order valence-corrected chi connectivity index (χ4v) is 2.84. The summed E-state index contributed by atoms with van der Waals surface area (Å²) in [7, 11) is 0. The van der Waals surface area contributed by atoms with Crippen molar-refractivity contribution in [1.29, 1.82) is 0 Å². The van der Waals surface area contributed by atoms with Crippen molar-refractivity contribution >= 4 is 23.6 Å². The van der Waals surface area contributed by atoms with Crippen LogP contribution in [0.25, 0.3) is 6.08 Å². The molecule has 1 unspecified atom stereocenters. The van der Waals surface area contributed by atoms with E-state index in [1.54, 1.807) is 12.1 Å². The summed E-state index contributed by atoms with van der Waals surface area (Å²) in [5.41, 5.74) is 6.95. The second-order valence-corrected chi connectivity index (χ2v) is 6.43. The standard InChI is InChI=1S/C16H19ClN2O2/c1-16(9-18,12-2-3-12)19-15(20)11-6-10-7-13(17)4-5-14(10)21-8-11/h4-7,12H,2-3,8-9,18H2,1H3,(H,19,20). The highest BCUT2D eigenvalue weighted by Crippen LogP contribution is 2.39. The van der Waals surface area contributed by atoms with Gasteiger partial charge in [0.1, 0.15) is 12.4 Å². The van der Waals surface area contributed by atoms with Crippen molar-refractivity contribution in [3.05, 3.63) is 34.4 Å². The maximum absolute atomic E-state index is 12.5. The number of ether oxygens (including phenoxy) is 1. The first-order valence-electron chi connectivity index (χ1n) is 7.17. The summed E-state index contributed by atoms with van der Waals surface area (Å²) < 4.78 is 5.62. The van der Waals surface area contributed by atoms with Crippen LogP contribution in [-0.2, 0) is 4.79 Å². The van der Waals surface area contributed by atoms with E-state index in [9.17, 15) is 4.79 Å². The van der Waals surface area contributed by atoms with Gasteiger partial charge in [0.05, 0.1) is 11.1 Å². The average Bonchev–Trinajstić information content (AvgIpc) is 3.31. The van der Waals surface area contributed by atoms with Gasteiger partial charge in [0.25, 0.3) is 5.91 Å². The maximum Gasteiger partial charge on any atom is 0.251 e. The van der Waals surface area contributed by atoms with Gasteiger partial charge in [0.2, 0.25) is 0 Å². The van der Waals surface area contributed by atoms with Gasteiger partial charge in [-0.05, 0) is 50.0 Å². The normalized spacial score (nSPS) is 19.9. The maximum atomic E-state index is 12.5. The summed E-state index contributed by atoms with van der Waals surface area (Å²) in [6.45, 7) is 2.73. The molecule has 0 saturated heterocycles. The summed E-state index contributed by atoms with van der Waals surface area (Å²) in [6, 6.07) is 5.39. The number of amides is 1. The van der Waals surface area contributed by atoms with Crippen molar-refractivity contribution in [2.45, 2.75) is 25.3 Å². The van der Waals surface area contributed by atoms with E-state index >= 15 is 0 Å². The molecule has 0 spiro atoms. The zero-order valence-electron chi connectivity index (χ0n) is 12.0. The number of carbonyl (C=O) groups excluding carboxylic acids is 1. The molecular weight excluding hydrogens is 288 g/mol. The Labute approximate surface area is 129 Å². The quantitative estimate of drug-likeness (QED) is 0.897. The minimum atomic E-state index is -0.327. The van der Waals surface area contributed by atoms with E-state index in [1.807, 2.05) is 19.1 Å². The lowest BCUT2D eigenvalue weighted by molar-refractivity contribution is -0.119. The van der Waals surface area contributed by atoms with Gasteiger partial charge in [-0.2, -0.15) is 0 Å². The highest BCUT2D eigenvalue weighted by atomic mass is 35.5. The molecule has 1 fully saturated rings. The highest BCUT2D eigenvalue weighted by molar-refractivity contribution is 6.30. The number of fused-ring (bicyclic) bond motifs is 1. The van der Waals surface area contributed by atoms with Gasteiger partial charge < -0.3 is 15.8 Å². The molecule has 112 valence electrons. The number of hydrogen-bond acceptors (Lipinski definition) is 3. The van der Waals surface area contributed by atoms with E-state index in [4.69, 9.17) is 22.1 Å². The van der Waals surface area contributed by atoms with Crippen LogP contribution in [0.3, 0.4) is 0 Å². The Hall–Kier alpha value is -1.52. The molecule has 3 N–H and O–H groups in total. The first-order valence-corrected chi connectivity index (χ1v) is 7.55. The second-order valence-electron chi connectivity index (χ2n) is 5.99. The number of halogens is 1. The predicted octanol–water partition coefficient (Wildman–Crippen LogP) is 2.36. The van der Waals surface area contributed by atoms with Gasteiger partial charge in [-0.25, -0.2) is 0 Å². The molecule has 5 heteroatoms. The lowest BCUT2D eigenvalue weighted by Gasteiger charge is -2.30. The summed E-state index contributed by atoms with van der Waals surface area (Å²) in [5, 5.41) is 3.70. The highest BCUT2D eigenvalue weighted by Gasteiger charge is 2.42. The number of carbonyl (C=O) groups is 1. The molecule has 1 atom stereocenters. The summed E-state index contributed by atoms with van der Waals surface area (Å²) in [5.74, 6) is 1.12. The fourth-order valence-electron chi connectivity index (χ4n) is 2.66. The average molecular weight is 307 g/mol. The third-order valence-corrected chi connectivity index (χ3v) is 4.51. The Kier molecular flexibility index (Phi) is 3.68. The van der Waals surface area contributed by atoms with Crippen LogP contribution in [0.4, 0.5) is 0 Å². The van der Waals surface area contributed by atoms with Crippen LogP contribution in [0, 0.1) is 5.92 Å². The number of nitrogens with two attached hydrogens (primary N) is 1. The van der Waals surface area contributed by atoms with Gasteiger partial charge in [-0.3, -0.25) is 4.79 Å². The number of nitrogens with one attached hydrogen (secondary N) is 1. The van der Waals surface area contributed by atoms with E-state index in [0.29, 0.717) is 23.1 Å². The summed E-state index contributed by atoms with van der Waals surface area (Å²) >= 11 is 5.98. The predicted molar refractivity (Wildman–Crippen MR) is 83.3 cm³/mol. The minimum Gasteiger partial charge on any atom is -0.488 e. The Balaban J connectivity index is 1.79. The summed E-state index contributed by atoms with van der Waals surface area (Å²) in [4.78, 5) is 12.5. The number of hydrogen-bond donors (Lipinski definition) is 2. The molecule has 0 aromatic heterocycles. The van der Waals surface area contributed by atoms with Crippen molar-refractivity contribution < 1.29 is 9.53 Å². The number of benzene rings is 1. The Morgan fingerprint density at radius 1 is 1.52 bits per heavy atom. The Morgan fingerprint density at radius 3 is 2.95 bits per heavy atom. The van der Waals surface area contributed by atoms with Crippen molar-refractivity contribution in [2.24, 2.45) is 11.7 Å². The van der Waals surface area contributed by atoms with Gasteiger partial charge in [-0.1, -0.05) is 11.6 Å². The molecule has 1 aliphatic heterocycles. The molecule has 1 amide bonds. The van der Waals surface area contributed by atoms with Crippen LogP contribution < -0.4 is 15.8 Å². The molecule has 21 heavy (non-hydrogen) atoms. The Morgan fingerprint density at radius 2 is 2.29 bits per heavy atom. The SMILES string of the molecule is CC(CN)(NC(=O)C1=Cc2cc(Cl)ccc2OC1)C1CC1. The molecule has 1 aromatic carbocycles. The third kappa shape index (κ3) is 2.92. The molecule has 1 aromatic rings. The van der Waals surface area contributed by atoms with Crippen LogP contribution in [-0.4, -0.2) is 24.6 Å². The van der Waals surface area contributed by atoms with E-state index in [1.165, 1.54) is 0 Å². The van der Waals surface area contributed by atoms with Gasteiger partial charge >= 0.3 is 0 Å². The Bertz CT molecular complexity index is 610. The van der Waals surface area contributed by atoms with E-state index < -0.39 is 0 Å². The van der Waals surface area contributed by atoms with E-state index in [-0.39, 0.29) is 18.1 Å². The zero-order valence-corrected chi connectivity index (χ0v) is 12.7. The van der Waals surface area contributed by atoms with Crippen molar-refractivity contribution in [3.63, 3.8) is 0 Å². The van der Waals surface area contributed by atoms with Gasteiger partial charge in [0.15, 0.2) is 0 Å². The minimum absolute atomic E-state index is 0.111. The molecule has 3 rings (SSSR count). The lowest BCUT2D eigenvalue weighted by Crippen LogP contribution is -2.53. The molecule has 4 nitrogen and oxygen atoms in total. The van der Waals surface area contributed by atoms with Crippen molar-refractivity contribution in [3.8, 4) is 5.75 Å². The molecular formula is C16H19ClN2O2. The first-order chi connectivity index (χ1) is 10.0. The summed E-state index contributed by atoms with van der Waals surface area (Å²) in [6.07, 6.45) is 4.09. The third-order valence-electron chi connectivity index (χ3n) is 4.28. The van der Waals surface area contributed by atoms with Crippen LogP contribution in [0.15, 0.2) is 23.8 Å². The van der Waals surface area contributed by atoms with Crippen molar-refractivity contribution in [1.82, 2.24) is 5.32 Å². The lowest BCUT2D eigenvalue weighted by atomic mass is 9.95. The molecule has 2 aliphatic rings. The molecule has 0 radical (unpaired) electrons. The molecule has 0 bridgehead atoms. The topological polar surface area (TPSA) is 64.3 Å². The van der Waals surface area contributed by atoms with Crippen LogP contribution >= 0.6 is 11.6 Å². The van der Waals surface area contributed by atoms with Crippen LogP contribution in [0.5, 0.6) is 5.75 Å². The van der Waals surface area contributed by atoms with E-state index in [0.717, 1.165) is 24.2 Å². The molecule has 1 heterocycles. The first kappa shape index (κ1) is 14.4. The number of rotatable bonds is 4. The van der Waals surface area contributed by atoms with Crippen LogP contribution in [0.2, 0.25) is 5.02 Å². The largest absolute Gasteiger partial charge is 0.488 e. The van der Waals surface area contributed by atoms with Gasteiger partial charge in [-0.15, -0.1) is 0 Å². The van der Waals surface area contributed by atoms with Gasteiger partial charge in [0, 0.05) is 17.1 Å². The zero-order chi connectivity index (χ0) is 15.0. The second kappa shape index (κ2) is 5.35.